The molecule has 1 amide bonds. The molecule has 0 atom stereocenters. The van der Waals surface area contributed by atoms with E-state index in [0.29, 0.717) is 17.1 Å². The molecule has 148 valence electrons. The van der Waals surface area contributed by atoms with Crippen LogP contribution < -0.4 is 14.8 Å². The van der Waals surface area contributed by atoms with Gasteiger partial charge in [0.15, 0.2) is 11.5 Å². The summed E-state index contributed by atoms with van der Waals surface area (Å²) in [5.41, 5.74) is 0.405. The Bertz CT molecular complexity index is 1110. The molecule has 12 heteroatoms. The van der Waals surface area contributed by atoms with E-state index in [-0.39, 0.29) is 40.1 Å². The molecule has 2 aromatic carbocycles. The zero-order valence-corrected chi connectivity index (χ0v) is 16.0. The Kier molecular flexibility index (Phi) is 5.23. The number of rotatable bonds is 6. The molecule has 1 aromatic heterocycles. The van der Waals surface area contributed by atoms with Crippen LogP contribution in [-0.2, 0) is 4.79 Å². The van der Waals surface area contributed by atoms with E-state index in [2.05, 4.69) is 15.5 Å². The Hall–Kier alpha value is -3.31. The van der Waals surface area contributed by atoms with Crippen molar-refractivity contribution >= 4 is 40.6 Å². The number of nitrogens with one attached hydrogen (secondary N) is 1. The maximum atomic E-state index is 12.2. The summed E-state index contributed by atoms with van der Waals surface area (Å²) in [4.78, 5) is 22.6. The number of thioether (sulfide) groups is 1. The molecule has 0 fully saturated rings. The number of carbonyl (C=O) groups is 1. The van der Waals surface area contributed by atoms with E-state index < -0.39 is 10.8 Å². The molecule has 0 saturated carbocycles. The van der Waals surface area contributed by atoms with Gasteiger partial charge in [-0.25, -0.2) is 0 Å². The van der Waals surface area contributed by atoms with E-state index in [9.17, 15) is 14.9 Å². The largest absolute Gasteiger partial charge is 0.454 e. The van der Waals surface area contributed by atoms with Gasteiger partial charge in [0.05, 0.1) is 10.7 Å². The Morgan fingerprint density at radius 3 is 2.86 bits per heavy atom. The van der Waals surface area contributed by atoms with E-state index in [1.807, 2.05) is 0 Å². The number of amides is 1. The van der Waals surface area contributed by atoms with Crippen LogP contribution in [-0.4, -0.2) is 33.6 Å². The first-order valence-electron chi connectivity index (χ1n) is 8.10. The monoisotopic (exact) mass is 434 g/mol. The molecule has 10 nitrogen and oxygen atoms in total. The molecule has 0 radical (unpaired) electrons. The second-order valence-corrected chi connectivity index (χ2v) is 7.06. The summed E-state index contributed by atoms with van der Waals surface area (Å²) in [6.45, 7) is 0.156. The van der Waals surface area contributed by atoms with Gasteiger partial charge in [-0.1, -0.05) is 23.4 Å². The SMILES string of the molecule is O=C(CSc1nnc(-c2ccc3c(c2)OCO3)o1)Nc1cc(Cl)ccc1[N+](=O)[O-]. The van der Waals surface area contributed by atoms with E-state index in [4.69, 9.17) is 25.5 Å². The molecule has 1 N–H and O–H groups in total. The number of nitro groups is 1. The van der Waals surface area contributed by atoms with Crippen molar-refractivity contribution < 1.29 is 23.6 Å². The smallest absolute Gasteiger partial charge is 0.292 e. The molecule has 4 rings (SSSR count). The summed E-state index contributed by atoms with van der Waals surface area (Å²) < 4.78 is 16.1. The molecule has 1 aliphatic heterocycles. The lowest BCUT2D eigenvalue weighted by Crippen LogP contribution is -2.15. The van der Waals surface area contributed by atoms with E-state index in [1.165, 1.54) is 18.2 Å². The van der Waals surface area contributed by atoms with Gasteiger partial charge in [0.25, 0.3) is 10.9 Å². The summed E-state index contributed by atoms with van der Waals surface area (Å²) >= 11 is 6.84. The van der Waals surface area contributed by atoms with Crippen LogP contribution in [0.1, 0.15) is 0 Å². The molecule has 29 heavy (non-hydrogen) atoms. The number of ether oxygens (including phenoxy) is 2. The summed E-state index contributed by atoms with van der Waals surface area (Å²) in [6.07, 6.45) is 0. The summed E-state index contributed by atoms with van der Waals surface area (Å²) in [5, 5.41) is 21.8. The number of carbonyl (C=O) groups excluding carboxylic acids is 1. The van der Waals surface area contributed by atoms with Gasteiger partial charge in [0.1, 0.15) is 5.69 Å². The molecule has 0 bridgehead atoms. The first-order chi connectivity index (χ1) is 14.0. The molecule has 1 aliphatic rings. The third-order valence-corrected chi connectivity index (χ3v) is 4.84. The van der Waals surface area contributed by atoms with Gasteiger partial charge >= 0.3 is 0 Å². The lowest BCUT2D eigenvalue weighted by atomic mass is 10.2. The number of halogens is 1. The van der Waals surface area contributed by atoms with Crippen LogP contribution in [0.25, 0.3) is 11.5 Å². The zero-order valence-electron chi connectivity index (χ0n) is 14.5. The van der Waals surface area contributed by atoms with Crippen molar-refractivity contribution in [3.8, 4) is 23.0 Å². The van der Waals surface area contributed by atoms with E-state index >= 15 is 0 Å². The van der Waals surface area contributed by atoms with Crippen LogP contribution in [0, 0.1) is 10.1 Å². The summed E-state index contributed by atoms with van der Waals surface area (Å²) in [7, 11) is 0. The first kappa shape index (κ1) is 19.0. The van der Waals surface area contributed by atoms with Crippen molar-refractivity contribution in [1.82, 2.24) is 10.2 Å². The van der Waals surface area contributed by atoms with Crippen molar-refractivity contribution in [2.45, 2.75) is 5.22 Å². The second-order valence-electron chi connectivity index (χ2n) is 5.70. The van der Waals surface area contributed by atoms with Gasteiger partial charge in [-0.05, 0) is 30.3 Å². The van der Waals surface area contributed by atoms with Crippen molar-refractivity contribution in [2.24, 2.45) is 0 Å². The Labute approximate surface area is 172 Å². The highest BCUT2D eigenvalue weighted by molar-refractivity contribution is 7.99. The first-order valence-corrected chi connectivity index (χ1v) is 9.46. The van der Waals surface area contributed by atoms with Gasteiger partial charge in [-0.15, -0.1) is 10.2 Å². The number of benzene rings is 2. The second kappa shape index (κ2) is 7.97. The third-order valence-electron chi connectivity index (χ3n) is 3.78. The average molecular weight is 435 g/mol. The highest BCUT2D eigenvalue weighted by Crippen LogP contribution is 2.36. The Balaban J connectivity index is 1.40. The molecule has 0 unspecified atom stereocenters. The Morgan fingerprint density at radius 1 is 1.21 bits per heavy atom. The molecule has 3 aromatic rings. The van der Waals surface area contributed by atoms with E-state index in [1.54, 1.807) is 18.2 Å². The fourth-order valence-corrected chi connectivity index (χ4v) is 3.23. The predicted octanol–water partition coefficient (Wildman–Crippen LogP) is 3.76. The highest BCUT2D eigenvalue weighted by Gasteiger charge is 2.19. The summed E-state index contributed by atoms with van der Waals surface area (Å²) in [6, 6.07) is 9.11. The average Bonchev–Trinajstić information content (AvgIpc) is 3.35. The van der Waals surface area contributed by atoms with Crippen molar-refractivity contribution in [2.75, 3.05) is 17.9 Å². The van der Waals surface area contributed by atoms with Crippen LogP contribution in [0.15, 0.2) is 46.0 Å². The lowest BCUT2D eigenvalue weighted by molar-refractivity contribution is -0.383. The van der Waals surface area contributed by atoms with Crippen LogP contribution >= 0.6 is 23.4 Å². The maximum absolute atomic E-state index is 12.2. The maximum Gasteiger partial charge on any atom is 0.292 e. The van der Waals surface area contributed by atoms with Crippen LogP contribution in [0.2, 0.25) is 5.02 Å². The molecule has 0 saturated heterocycles. The quantitative estimate of drug-likeness (QED) is 0.350. The minimum atomic E-state index is -0.602. The van der Waals surface area contributed by atoms with Crippen molar-refractivity contribution in [1.29, 1.82) is 0 Å². The van der Waals surface area contributed by atoms with Crippen LogP contribution in [0.3, 0.4) is 0 Å². The van der Waals surface area contributed by atoms with Gasteiger partial charge in [-0.3, -0.25) is 14.9 Å². The minimum absolute atomic E-state index is 0.0136. The molecule has 0 aliphatic carbocycles. The normalized spacial score (nSPS) is 12.0. The fraction of sp³-hybridized carbons (Fsp3) is 0.118. The fourth-order valence-electron chi connectivity index (χ4n) is 2.50. The molecular formula is C17H11ClN4O6S. The molecular weight excluding hydrogens is 424 g/mol. The predicted molar refractivity (Wildman–Crippen MR) is 103 cm³/mol. The van der Waals surface area contributed by atoms with Crippen LogP contribution in [0.4, 0.5) is 11.4 Å². The number of anilines is 1. The van der Waals surface area contributed by atoms with Crippen LogP contribution in [0.5, 0.6) is 11.5 Å². The molecule has 0 spiro atoms. The topological polar surface area (TPSA) is 130 Å². The number of fused-ring (bicyclic) bond motifs is 1. The number of hydrogen-bond donors (Lipinski definition) is 1. The standard InChI is InChI=1S/C17H11ClN4O6S/c18-10-2-3-12(22(24)25)11(6-10)19-15(23)7-29-17-21-20-16(28-17)9-1-4-13-14(5-9)27-8-26-13/h1-6H,7-8H2,(H,19,23). The van der Waals surface area contributed by atoms with Crippen molar-refractivity contribution in [3.05, 3.63) is 51.5 Å². The minimum Gasteiger partial charge on any atom is -0.454 e. The van der Waals surface area contributed by atoms with Gasteiger partial charge in [-0.2, -0.15) is 0 Å². The number of nitro benzene ring substituents is 1. The van der Waals surface area contributed by atoms with Gasteiger partial charge in [0.2, 0.25) is 18.6 Å². The van der Waals surface area contributed by atoms with Gasteiger partial charge in [0, 0.05) is 16.7 Å². The third kappa shape index (κ3) is 4.25. The highest BCUT2D eigenvalue weighted by atomic mass is 35.5. The van der Waals surface area contributed by atoms with E-state index in [0.717, 1.165) is 11.8 Å². The zero-order chi connectivity index (χ0) is 20.4. The van der Waals surface area contributed by atoms with Gasteiger partial charge < -0.3 is 19.2 Å². The Morgan fingerprint density at radius 2 is 2.03 bits per heavy atom. The summed E-state index contributed by atoms with van der Waals surface area (Å²) in [5.74, 6) is 0.902. The molecule has 2 heterocycles. The number of nitrogens with zero attached hydrogens (tertiary/aromatic N) is 3. The number of hydrogen-bond acceptors (Lipinski definition) is 9. The lowest BCUT2D eigenvalue weighted by Gasteiger charge is -2.05. The van der Waals surface area contributed by atoms with Crippen molar-refractivity contribution in [3.63, 3.8) is 0 Å². The number of aromatic nitrogens is 2.